The SMILES string of the molecule is O=C(NCCN1CCN(S(=O)(=O)c2ccc3ccccc3c2)CC1)C(=O)NC1CCCCC1. The van der Waals surface area contributed by atoms with Crippen molar-refractivity contribution < 1.29 is 18.0 Å². The molecule has 0 atom stereocenters. The molecule has 0 spiro atoms. The third-order valence-electron chi connectivity index (χ3n) is 6.55. The van der Waals surface area contributed by atoms with Crippen molar-refractivity contribution >= 4 is 32.6 Å². The van der Waals surface area contributed by atoms with Crippen LogP contribution in [0.1, 0.15) is 32.1 Å². The number of benzene rings is 2. The van der Waals surface area contributed by atoms with E-state index >= 15 is 0 Å². The zero-order valence-corrected chi connectivity index (χ0v) is 19.6. The number of carbonyl (C=O) groups is 2. The van der Waals surface area contributed by atoms with E-state index in [1.165, 1.54) is 10.7 Å². The summed E-state index contributed by atoms with van der Waals surface area (Å²) < 4.78 is 27.7. The molecule has 0 radical (unpaired) electrons. The monoisotopic (exact) mass is 472 g/mol. The Morgan fingerprint density at radius 1 is 0.879 bits per heavy atom. The molecule has 1 aliphatic heterocycles. The molecule has 2 fully saturated rings. The summed E-state index contributed by atoms with van der Waals surface area (Å²) >= 11 is 0. The molecule has 1 aliphatic carbocycles. The summed E-state index contributed by atoms with van der Waals surface area (Å²) in [6, 6.07) is 13.0. The first kappa shape index (κ1) is 23.7. The van der Waals surface area contributed by atoms with Gasteiger partial charge in [-0.15, -0.1) is 0 Å². The van der Waals surface area contributed by atoms with Gasteiger partial charge in [0.1, 0.15) is 0 Å². The number of hydrogen-bond acceptors (Lipinski definition) is 5. The molecule has 0 unspecified atom stereocenters. The molecule has 4 rings (SSSR count). The number of sulfonamides is 1. The van der Waals surface area contributed by atoms with Crippen LogP contribution in [0.25, 0.3) is 10.8 Å². The first-order valence-electron chi connectivity index (χ1n) is 11.7. The van der Waals surface area contributed by atoms with E-state index in [9.17, 15) is 18.0 Å². The van der Waals surface area contributed by atoms with Gasteiger partial charge < -0.3 is 10.6 Å². The van der Waals surface area contributed by atoms with Crippen LogP contribution >= 0.6 is 0 Å². The van der Waals surface area contributed by atoms with E-state index < -0.39 is 21.8 Å². The lowest BCUT2D eigenvalue weighted by Gasteiger charge is -2.34. The van der Waals surface area contributed by atoms with E-state index in [0.29, 0.717) is 44.2 Å². The van der Waals surface area contributed by atoms with Crippen LogP contribution in [0.3, 0.4) is 0 Å². The van der Waals surface area contributed by atoms with Crippen molar-refractivity contribution in [2.24, 2.45) is 0 Å². The highest BCUT2D eigenvalue weighted by Crippen LogP contribution is 2.23. The van der Waals surface area contributed by atoms with Crippen molar-refractivity contribution in [3.8, 4) is 0 Å². The molecule has 33 heavy (non-hydrogen) atoms. The highest BCUT2D eigenvalue weighted by Gasteiger charge is 2.28. The van der Waals surface area contributed by atoms with Crippen molar-refractivity contribution in [2.45, 2.75) is 43.0 Å². The average Bonchev–Trinajstić information content (AvgIpc) is 2.84. The number of fused-ring (bicyclic) bond motifs is 1. The summed E-state index contributed by atoms with van der Waals surface area (Å²) in [4.78, 5) is 26.5. The average molecular weight is 473 g/mol. The van der Waals surface area contributed by atoms with Crippen LogP contribution in [0, 0.1) is 0 Å². The molecule has 9 heteroatoms. The molecular formula is C24H32N4O4S. The molecule has 2 amide bonds. The summed E-state index contributed by atoms with van der Waals surface area (Å²) in [5.41, 5.74) is 0. The van der Waals surface area contributed by atoms with E-state index in [1.807, 2.05) is 30.3 Å². The first-order chi connectivity index (χ1) is 15.9. The Kier molecular flexibility index (Phi) is 7.62. The van der Waals surface area contributed by atoms with Crippen LogP contribution < -0.4 is 10.6 Å². The largest absolute Gasteiger partial charge is 0.347 e. The second-order valence-corrected chi connectivity index (χ2v) is 10.8. The van der Waals surface area contributed by atoms with E-state index in [1.54, 1.807) is 12.1 Å². The smallest absolute Gasteiger partial charge is 0.309 e. The minimum Gasteiger partial charge on any atom is -0.347 e. The van der Waals surface area contributed by atoms with Crippen molar-refractivity contribution in [3.05, 3.63) is 42.5 Å². The lowest BCUT2D eigenvalue weighted by atomic mass is 9.95. The molecule has 1 heterocycles. The predicted molar refractivity (Wildman–Crippen MR) is 127 cm³/mol. The van der Waals surface area contributed by atoms with Gasteiger partial charge in [0.15, 0.2) is 0 Å². The van der Waals surface area contributed by atoms with Crippen molar-refractivity contribution in [1.29, 1.82) is 0 Å². The minimum absolute atomic E-state index is 0.106. The van der Waals surface area contributed by atoms with Crippen LogP contribution in [-0.4, -0.2) is 74.7 Å². The molecule has 2 aliphatic rings. The van der Waals surface area contributed by atoms with Crippen LogP contribution in [0.2, 0.25) is 0 Å². The number of nitrogens with zero attached hydrogens (tertiary/aromatic N) is 2. The van der Waals surface area contributed by atoms with Crippen LogP contribution in [0.4, 0.5) is 0 Å². The molecule has 0 aromatic heterocycles. The first-order valence-corrected chi connectivity index (χ1v) is 13.2. The summed E-state index contributed by atoms with van der Waals surface area (Å²) in [6.45, 7) is 2.88. The number of carbonyl (C=O) groups excluding carboxylic acids is 2. The number of rotatable bonds is 6. The normalized spacial score (nSPS) is 18.8. The molecular weight excluding hydrogens is 440 g/mol. The maximum atomic E-state index is 13.1. The van der Waals surface area contributed by atoms with Crippen LogP contribution in [0.15, 0.2) is 47.4 Å². The topological polar surface area (TPSA) is 98.8 Å². The standard InChI is InChI=1S/C24H32N4O4S/c29-23(24(30)26-21-8-2-1-3-9-21)25-12-13-27-14-16-28(17-15-27)33(31,32)22-11-10-19-6-4-5-7-20(19)18-22/h4-7,10-11,18,21H,1-3,8-9,12-17H2,(H,25,29)(H,26,30). The molecule has 8 nitrogen and oxygen atoms in total. The number of hydrogen-bond donors (Lipinski definition) is 2. The summed E-state index contributed by atoms with van der Waals surface area (Å²) in [7, 11) is -3.55. The molecule has 0 bridgehead atoms. The van der Waals surface area contributed by atoms with Gasteiger partial charge >= 0.3 is 11.8 Å². The van der Waals surface area contributed by atoms with Gasteiger partial charge in [-0.1, -0.05) is 49.6 Å². The van der Waals surface area contributed by atoms with E-state index in [0.717, 1.165) is 36.5 Å². The summed E-state index contributed by atoms with van der Waals surface area (Å²) in [6.07, 6.45) is 5.25. The molecule has 178 valence electrons. The predicted octanol–water partition coefficient (Wildman–Crippen LogP) is 1.71. The summed E-state index contributed by atoms with van der Waals surface area (Å²) in [5.74, 6) is -1.16. The zero-order chi connectivity index (χ0) is 23.3. The fourth-order valence-corrected chi connectivity index (χ4v) is 6.03. The lowest BCUT2D eigenvalue weighted by molar-refractivity contribution is -0.139. The van der Waals surface area contributed by atoms with Gasteiger partial charge in [-0.3, -0.25) is 14.5 Å². The van der Waals surface area contributed by atoms with E-state index in [2.05, 4.69) is 15.5 Å². The Morgan fingerprint density at radius 2 is 1.58 bits per heavy atom. The fraction of sp³-hybridized carbons (Fsp3) is 0.500. The van der Waals surface area contributed by atoms with Gasteiger partial charge in [-0.05, 0) is 35.7 Å². The van der Waals surface area contributed by atoms with Gasteiger partial charge in [0.25, 0.3) is 0 Å². The molecule has 2 aromatic carbocycles. The minimum atomic E-state index is -3.55. The van der Waals surface area contributed by atoms with Gasteiger partial charge in [0, 0.05) is 45.3 Å². The number of nitrogens with one attached hydrogen (secondary N) is 2. The van der Waals surface area contributed by atoms with Crippen molar-refractivity contribution in [2.75, 3.05) is 39.3 Å². The molecule has 1 saturated carbocycles. The Hall–Kier alpha value is -2.49. The molecule has 2 N–H and O–H groups in total. The quantitative estimate of drug-likeness (QED) is 0.624. The highest BCUT2D eigenvalue weighted by atomic mass is 32.2. The van der Waals surface area contributed by atoms with Crippen molar-refractivity contribution in [3.63, 3.8) is 0 Å². The van der Waals surface area contributed by atoms with Gasteiger partial charge in [-0.25, -0.2) is 8.42 Å². The van der Waals surface area contributed by atoms with E-state index in [4.69, 9.17) is 0 Å². The van der Waals surface area contributed by atoms with Gasteiger partial charge in [-0.2, -0.15) is 4.31 Å². The van der Waals surface area contributed by atoms with E-state index in [-0.39, 0.29) is 6.04 Å². The fourth-order valence-electron chi connectivity index (χ4n) is 4.58. The highest BCUT2D eigenvalue weighted by molar-refractivity contribution is 7.89. The lowest BCUT2D eigenvalue weighted by Crippen LogP contribution is -2.51. The maximum absolute atomic E-state index is 13.1. The molecule has 2 aromatic rings. The molecule has 1 saturated heterocycles. The zero-order valence-electron chi connectivity index (χ0n) is 18.8. The Bertz CT molecular complexity index is 1090. The second kappa shape index (κ2) is 10.6. The van der Waals surface area contributed by atoms with Gasteiger partial charge in [0.2, 0.25) is 10.0 Å². The van der Waals surface area contributed by atoms with Crippen LogP contribution in [-0.2, 0) is 19.6 Å². The third kappa shape index (κ3) is 5.90. The number of amides is 2. The maximum Gasteiger partial charge on any atom is 0.309 e. The summed E-state index contributed by atoms with van der Waals surface area (Å²) in [5, 5.41) is 7.41. The van der Waals surface area contributed by atoms with Gasteiger partial charge in [0.05, 0.1) is 4.90 Å². The Balaban J connectivity index is 1.22. The Morgan fingerprint density at radius 3 is 2.30 bits per heavy atom. The van der Waals surface area contributed by atoms with Crippen molar-refractivity contribution in [1.82, 2.24) is 19.8 Å². The van der Waals surface area contributed by atoms with Crippen LogP contribution in [0.5, 0.6) is 0 Å². The number of piperazine rings is 1. The Labute approximate surface area is 195 Å². The third-order valence-corrected chi connectivity index (χ3v) is 8.44. The second-order valence-electron chi connectivity index (χ2n) is 8.82.